The molecule has 0 radical (unpaired) electrons. The number of guanidine groups is 1. The molecule has 0 saturated carbocycles. The summed E-state index contributed by atoms with van der Waals surface area (Å²) in [4.78, 5) is 6.69. The van der Waals surface area contributed by atoms with Gasteiger partial charge in [-0.05, 0) is 25.0 Å². The molecule has 1 unspecified atom stereocenters. The first-order valence-electron chi connectivity index (χ1n) is 7.54. The molecule has 0 aromatic heterocycles. The number of nitrogens with zero attached hydrogens (tertiary/aromatic N) is 2. The highest BCUT2D eigenvalue weighted by Gasteiger charge is 2.22. The summed E-state index contributed by atoms with van der Waals surface area (Å²) in [6.07, 6.45) is 1.14. The van der Waals surface area contributed by atoms with Gasteiger partial charge >= 0.3 is 0 Å². The molecule has 1 aromatic carbocycles. The molecule has 1 aromatic rings. The van der Waals surface area contributed by atoms with Gasteiger partial charge in [-0.25, -0.2) is 0 Å². The van der Waals surface area contributed by atoms with Crippen molar-refractivity contribution in [1.82, 2.24) is 10.6 Å². The topological polar surface area (TPSA) is 48.9 Å². The van der Waals surface area contributed by atoms with Gasteiger partial charge in [-0.1, -0.05) is 18.2 Å². The maximum absolute atomic E-state index is 5.03. The molecule has 1 aliphatic rings. The highest BCUT2D eigenvalue weighted by Crippen LogP contribution is 2.28. The summed E-state index contributed by atoms with van der Waals surface area (Å²) in [7, 11) is 3.49. The molecule has 0 aliphatic carbocycles. The fourth-order valence-corrected chi connectivity index (χ4v) is 2.67. The standard InChI is InChI=1S/C16H26N4O.HI/c1-13(12-19-16(17-2)18-9-11-21-3)20-10-8-14-6-4-5-7-15(14)20;/h4-7,13H,8-12H2,1-3H3,(H2,17,18,19);1H. The Bertz CT molecular complexity index is 481. The summed E-state index contributed by atoms with van der Waals surface area (Å²) in [5.74, 6) is 0.825. The number of hydrogen-bond donors (Lipinski definition) is 2. The van der Waals surface area contributed by atoms with Crippen molar-refractivity contribution in [2.75, 3.05) is 45.3 Å². The number of anilines is 1. The predicted octanol–water partition coefficient (Wildman–Crippen LogP) is 1.87. The molecule has 0 saturated heterocycles. The number of hydrogen-bond acceptors (Lipinski definition) is 3. The Kier molecular flexibility index (Phi) is 8.55. The van der Waals surface area contributed by atoms with Gasteiger partial charge in [0.25, 0.3) is 0 Å². The van der Waals surface area contributed by atoms with Crippen molar-refractivity contribution in [2.45, 2.75) is 19.4 Å². The SMILES string of the molecule is CN=C(NCCOC)NCC(C)N1CCc2ccccc21.I. The Morgan fingerprint density at radius 3 is 2.86 bits per heavy atom. The first-order chi connectivity index (χ1) is 10.3. The van der Waals surface area contributed by atoms with E-state index in [1.807, 2.05) is 0 Å². The summed E-state index contributed by atoms with van der Waals surface area (Å²) < 4.78 is 5.03. The van der Waals surface area contributed by atoms with E-state index in [2.05, 4.69) is 51.7 Å². The molecule has 5 nitrogen and oxygen atoms in total. The van der Waals surface area contributed by atoms with E-state index >= 15 is 0 Å². The lowest BCUT2D eigenvalue weighted by Crippen LogP contribution is -2.46. The number of aliphatic imine (C=N–C) groups is 1. The summed E-state index contributed by atoms with van der Waals surface area (Å²) in [6, 6.07) is 9.09. The highest BCUT2D eigenvalue weighted by atomic mass is 127. The van der Waals surface area contributed by atoms with Gasteiger partial charge < -0.3 is 20.3 Å². The molecule has 2 rings (SSSR count). The zero-order valence-electron chi connectivity index (χ0n) is 13.6. The first-order valence-corrected chi connectivity index (χ1v) is 7.54. The van der Waals surface area contributed by atoms with E-state index < -0.39 is 0 Å². The van der Waals surface area contributed by atoms with E-state index in [9.17, 15) is 0 Å². The van der Waals surface area contributed by atoms with Gasteiger partial charge in [0.1, 0.15) is 0 Å². The van der Waals surface area contributed by atoms with Crippen molar-refractivity contribution in [3.8, 4) is 0 Å². The van der Waals surface area contributed by atoms with Gasteiger partial charge in [-0.2, -0.15) is 0 Å². The molecule has 0 fully saturated rings. The van der Waals surface area contributed by atoms with Gasteiger partial charge in [0.05, 0.1) is 6.61 Å². The number of ether oxygens (including phenoxy) is 1. The van der Waals surface area contributed by atoms with Crippen LogP contribution in [0, 0.1) is 0 Å². The second-order valence-electron chi connectivity index (χ2n) is 5.29. The van der Waals surface area contributed by atoms with Crippen molar-refractivity contribution in [2.24, 2.45) is 4.99 Å². The molecule has 1 aliphatic heterocycles. The molecule has 1 atom stereocenters. The zero-order chi connectivity index (χ0) is 15.1. The Morgan fingerprint density at radius 2 is 2.14 bits per heavy atom. The largest absolute Gasteiger partial charge is 0.383 e. The Hall–Kier alpha value is -1.02. The van der Waals surface area contributed by atoms with Gasteiger partial charge in [-0.15, -0.1) is 24.0 Å². The molecule has 6 heteroatoms. The monoisotopic (exact) mass is 418 g/mol. The average Bonchev–Trinajstić information content (AvgIpc) is 2.94. The van der Waals surface area contributed by atoms with Gasteiger partial charge in [0, 0.05) is 45.5 Å². The van der Waals surface area contributed by atoms with E-state index in [-0.39, 0.29) is 24.0 Å². The van der Waals surface area contributed by atoms with E-state index in [1.165, 1.54) is 11.3 Å². The lowest BCUT2D eigenvalue weighted by atomic mass is 10.2. The summed E-state index contributed by atoms with van der Waals surface area (Å²) in [5, 5.41) is 6.61. The smallest absolute Gasteiger partial charge is 0.191 e. The third-order valence-corrected chi connectivity index (χ3v) is 3.84. The second kappa shape index (κ2) is 9.89. The molecular formula is C16H27IN4O. The number of halogens is 1. The normalized spacial score (nSPS) is 15.0. The molecule has 0 spiro atoms. The molecule has 22 heavy (non-hydrogen) atoms. The zero-order valence-corrected chi connectivity index (χ0v) is 16.0. The maximum Gasteiger partial charge on any atom is 0.191 e. The number of rotatable bonds is 6. The van der Waals surface area contributed by atoms with Crippen molar-refractivity contribution in [3.05, 3.63) is 29.8 Å². The summed E-state index contributed by atoms with van der Waals surface area (Å²) in [6.45, 7) is 5.64. The fraction of sp³-hybridized carbons (Fsp3) is 0.562. The van der Waals surface area contributed by atoms with Crippen LogP contribution in [0.3, 0.4) is 0 Å². The van der Waals surface area contributed by atoms with E-state index in [0.717, 1.165) is 32.0 Å². The number of benzene rings is 1. The Balaban J connectivity index is 0.00000242. The minimum Gasteiger partial charge on any atom is -0.383 e. The Labute approximate surface area is 150 Å². The quantitative estimate of drug-likeness (QED) is 0.321. The van der Waals surface area contributed by atoms with Crippen molar-refractivity contribution in [1.29, 1.82) is 0 Å². The van der Waals surface area contributed by atoms with E-state index in [0.29, 0.717) is 12.6 Å². The van der Waals surface area contributed by atoms with Crippen LogP contribution in [0.1, 0.15) is 12.5 Å². The lowest BCUT2D eigenvalue weighted by molar-refractivity contribution is 0.203. The van der Waals surface area contributed by atoms with Crippen LogP contribution in [0.15, 0.2) is 29.3 Å². The molecule has 0 amide bonds. The summed E-state index contributed by atoms with van der Waals surface area (Å²) in [5.41, 5.74) is 2.82. The third kappa shape index (κ3) is 5.01. The Morgan fingerprint density at radius 1 is 1.36 bits per heavy atom. The van der Waals surface area contributed by atoms with Crippen molar-refractivity contribution in [3.63, 3.8) is 0 Å². The highest BCUT2D eigenvalue weighted by molar-refractivity contribution is 14.0. The molecule has 124 valence electrons. The molecular weight excluding hydrogens is 391 g/mol. The lowest BCUT2D eigenvalue weighted by Gasteiger charge is -2.28. The number of methoxy groups -OCH3 is 1. The van der Waals surface area contributed by atoms with Crippen LogP contribution in [0.4, 0.5) is 5.69 Å². The number of nitrogens with one attached hydrogen (secondary N) is 2. The van der Waals surface area contributed by atoms with Gasteiger partial charge in [0.15, 0.2) is 5.96 Å². The van der Waals surface area contributed by atoms with Crippen LogP contribution in [-0.4, -0.2) is 52.4 Å². The second-order valence-corrected chi connectivity index (χ2v) is 5.29. The maximum atomic E-state index is 5.03. The third-order valence-electron chi connectivity index (χ3n) is 3.84. The van der Waals surface area contributed by atoms with Gasteiger partial charge in [-0.3, -0.25) is 4.99 Å². The van der Waals surface area contributed by atoms with E-state index in [4.69, 9.17) is 4.74 Å². The molecule has 1 heterocycles. The van der Waals surface area contributed by atoms with Crippen LogP contribution in [0.25, 0.3) is 0 Å². The minimum atomic E-state index is 0. The van der Waals surface area contributed by atoms with E-state index in [1.54, 1.807) is 14.2 Å². The molecule has 0 bridgehead atoms. The van der Waals surface area contributed by atoms with Crippen LogP contribution in [-0.2, 0) is 11.2 Å². The average molecular weight is 418 g/mol. The number of para-hydroxylation sites is 1. The number of fused-ring (bicyclic) bond motifs is 1. The predicted molar refractivity (Wildman–Crippen MR) is 104 cm³/mol. The van der Waals surface area contributed by atoms with Crippen LogP contribution in [0.2, 0.25) is 0 Å². The van der Waals surface area contributed by atoms with Gasteiger partial charge in [0.2, 0.25) is 0 Å². The first kappa shape index (κ1) is 19.0. The summed E-state index contributed by atoms with van der Waals surface area (Å²) >= 11 is 0. The van der Waals surface area contributed by atoms with Crippen LogP contribution >= 0.6 is 24.0 Å². The van der Waals surface area contributed by atoms with Crippen molar-refractivity contribution >= 4 is 35.6 Å². The molecule has 2 N–H and O–H groups in total. The minimum absolute atomic E-state index is 0. The fourth-order valence-electron chi connectivity index (χ4n) is 2.67. The van der Waals surface area contributed by atoms with Crippen LogP contribution in [0.5, 0.6) is 0 Å². The van der Waals surface area contributed by atoms with Crippen molar-refractivity contribution < 1.29 is 4.74 Å². The van der Waals surface area contributed by atoms with Crippen LogP contribution < -0.4 is 15.5 Å².